The van der Waals surface area contributed by atoms with Crippen LogP contribution >= 0.6 is 0 Å². The summed E-state index contributed by atoms with van der Waals surface area (Å²) in [5.74, 6) is -0.513. The second-order valence-electron chi connectivity index (χ2n) is 3.36. The molecule has 1 heterocycles. The zero-order chi connectivity index (χ0) is 9.97. The fourth-order valence-corrected chi connectivity index (χ4v) is 1.69. The molecule has 1 amide bonds. The Morgan fingerprint density at radius 3 is 2.57 bits per heavy atom. The number of carbonyl (C=O) groups is 2. The van der Waals surface area contributed by atoms with Gasteiger partial charge in [-0.3, -0.25) is 4.79 Å². The second kappa shape index (κ2) is 3.62. The number of hydrogen-bond donors (Lipinski definition) is 0. The molecule has 72 valence electrons. The molecule has 0 radical (unpaired) electrons. The smallest absolute Gasteiger partial charge is 0.237 e. The molecule has 0 saturated carbocycles. The van der Waals surface area contributed by atoms with Crippen molar-refractivity contribution < 1.29 is 9.59 Å². The fourth-order valence-electron chi connectivity index (χ4n) is 1.69. The van der Waals surface area contributed by atoms with Gasteiger partial charge in [-0.1, -0.05) is 18.2 Å². The number of rotatable bonds is 2. The van der Waals surface area contributed by atoms with Crippen LogP contribution in [-0.2, 0) is 9.59 Å². The first kappa shape index (κ1) is 8.94. The van der Waals surface area contributed by atoms with Crippen molar-refractivity contribution in [1.29, 1.82) is 0 Å². The number of anilines is 1. The normalized spacial score (nSPS) is 21.3. The lowest BCUT2D eigenvalue weighted by Gasteiger charge is -2.15. The van der Waals surface area contributed by atoms with Crippen molar-refractivity contribution in [2.45, 2.75) is 6.42 Å². The number of para-hydroxylation sites is 1. The summed E-state index contributed by atoms with van der Waals surface area (Å²) in [6.07, 6.45) is 1.38. The molecule has 1 aromatic carbocycles. The molecule has 0 aromatic heterocycles. The summed E-state index contributed by atoms with van der Waals surface area (Å²) >= 11 is 0. The van der Waals surface area contributed by atoms with E-state index in [1.54, 1.807) is 4.90 Å². The van der Waals surface area contributed by atoms with E-state index in [0.717, 1.165) is 12.0 Å². The van der Waals surface area contributed by atoms with E-state index in [1.165, 1.54) is 0 Å². The van der Waals surface area contributed by atoms with Crippen molar-refractivity contribution in [3.05, 3.63) is 30.3 Å². The summed E-state index contributed by atoms with van der Waals surface area (Å²) in [7, 11) is 0. The zero-order valence-corrected chi connectivity index (χ0v) is 7.72. The molecule has 0 aliphatic carbocycles. The van der Waals surface area contributed by atoms with Crippen LogP contribution in [-0.4, -0.2) is 18.7 Å². The maximum absolute atomic E-state index is 11.6. The van der Waals surface area contributed by atoms with E-state index >= 15 is 0 Å². The van der Waals surface area contributed by atoms with Gasteiger partial charge in [0, 0.05) is 12.2 Å². The van der Waals surface area contributed by atoms with E-state index in [4.69, 9.17) is 0 Å². The van der Waals surface area contributed by atoms with Gasteiger partial charge in [-0.05, 0) is 18.6 Å². The highest BCUT2D eigenvalue weighted by molar-refractivity contribution is 6.04. The minimum absolute atomic E-state index is 0.0776. The van der Waals surface area contributed by atoms with Gasteiger partial charge in [-0.2, -0.15) is 0 Å². The third-order valence-electron chi connectivity index (χ3n) is 2.48. The van der Waals surface area contributed by atoms with Crippen LogP contribution < -0.4 is 4.90 Å². The fraction of sp³-hybridized carbons (Fsp3) is 0.273. The summed E-state index contributed by atoms with van der Waals surface area (Å²) in [4.78, 5) is 23.8. The largest absolute Gasteiger partial charge is 0.312 e. The van der Waals surface area contributed by atoms with Crippen molar-refractivity contribution in [1.82, 2.24) is 0 Å². The Labute approximate surface area is 82.3 Å². The van der Waals surface area contributed by atoms with Gasteiger partial charge < -0.3 is 9.69 Å². The number of nitrogens with zero attached hydrogens (tertiary/aromatic N) is 1. The highest BCUT2D eigenvalue weighted by Gasteiger charge is 2.31. The Morgan fingerprint density at radius 1 is 1.29 bits per heavy atom. The van der Waals surface area contributed by atoms with Crippen molar-refractivity contribution in [3.63, 3.8) is 0 Å². The molecule has 2 rings (SSSR count). The lowest BCUT2D eigenvalue weighted by Crippen LogP contribution is -2.27. The quantitative estimate of drug-likeness (QED) is 0.518. The molecule has 1 fully saturated rings. The maximum atomic E-state index is 11.6. The number of carbonyl (C=O) groups excluding carboxylic acids is 2. The van der Waals surface area contributed by atoms with Gasteiger partial charge in [0.05, 0.1) is 5.92 Å². The summed E-state index contributed by atoms with van der Waals surface area (Å²) in [6.45, 7) is 0.645. The zero-order valence-electron chi connectivity index (χ0n) is 7.72. The molecule has 1 aliphatic rings. The molecule has 1 atom stereocenters. The maximum Gasteiger partial charge on any atom is 0.237 e. The monoisotopic (exact) mass is 189 g/mol. The van der Waals surface area contributed by atoms with Gasteiger partial charge >= 0.3 is 0 Å². The van der Waals surface area contributed by atoms with Crippen LogP contribution in [0.2, 0.25) is 0 Å². The third-order valence-corrected chi connectivity index (χ3v) is 2.48. The number of amides is 1. The average molecular weight is 189 g/mol. The predicted octanol–water partition coefficient (Wildman–Crippen LogP) is 1.24. The second-order valence-corrected chi connectivity index (χ2v) is 3.36. The minimum Gasteiger partial charge on any atom is -0.312 e. The number of benzene rings is 1. The molecule has 3 nitrogen and oxygen atoms in total. The summed E-state index contributed by atoms with van der Waals surface area (Å²) in [6, 6.07) is 9.44. The van der Waals surface area contributed by atoms with Gasteiger partial charge in [0.2, 0.25) is 5.91 Å². The molecule has 0 N–H and O–H groups in total. The minimum atomic E-state index is -0.435. The molecule has 14 heavy (non-hydrogen) atoms. The molecule has 1 aromatic rings. The third kappa shape index (κ3) is 1.41. The van der Waals surface area contributed by atoms with Crippen molar-refractivity contribution in [2.75, 3.05) is 11.4 Å². The molecule has 3 heteroatoms. The Balaban J connectivity index is 2.22. The molecule has 1 saturated heterocycles. The first-order chi connectivity index (χ1) is 6.83. The average Bonchev–Trinajstić information content (AvgIpc) is 2.61. The summed E-state index contributed by atoms with van der Waals surface area (Å²) in [5.41, 5.74) is 0.877. The topological polar surface area (TPSA) is 37.4 Å². The first-order valence-electron chi connectivity index (χ1n) is 4.64. The summed E-state index contributed by atoms with van der Waals surface area (Å²) in [5, 5.41) is 0. The van der Waals surface area contributed by atoms with E-state index in [-0.39, 0.29) is 5.91 Å². The van der Waals surface area contributed by atoms with Crippen LogP contribution in [0.5, 0.6) is 0 Å². The van der Waals surface area contributed by atoms with E-state index < -0.39 is 5.92 Å². The standard InChI is InChI=1S/C11H11NO2/c13-8-9-6-7-12(11(9)14)10-4-2-1-3-5-10/h1-5,8-9H,6-7H2. The van der Waals surface area contributed by atoms with Crippen LogP contribution in [0.1, 0.15) is 6.42 Å². The van der Waals surface area contributed by atoms with Crippen LogP contribution in [0, 0.1) is 5.92 Å². The highest BCUT2D eigenvalue weighted by Crippen LogP contribution is 2.23. The highest BCUT2D eigenvalue weighted by atomic mass is 16.2. The van der Waals surface area contributed by atoms with Crippen LogP contribution in [0.15, 0.2) is 30.3 Å². The lowest BCUT2D eigenvalue weighted by molar-refractivity contribution is -0.124. The Bertz CT molecular complexity index is 348. The molecular formula is C11H11NO2. The van der Waals surface area contributed by atoms with Gasteiger partial charge in [0.1, 0.15) is 6.29 Å². The van der Waals surface area contributed by atoms with Crippen molar-refractivity contribution in [2.24, 2.45) is 5.92 Å². The molecular weight excluding hydrogens is 178 g/mol. The molecule has 1 unspecified atom stereocenters. The van der Waals surface area contributed by atoms with Gasteiger partial charge in [0.25, 0.3) is 0 Å². The predicted molar refractivity (Wildman–Crippen MR) is 53.0 cm³/mol. The number of hydrogen-bond acceptors (Lipinski definition) is 2. The SMILES string of the molecule is O=CC1CCN(c2ccccc2)C1=O. The van der Waals surface area contributed by atoms with E-state index in [1.807, 2.05) is 30.3 Å². The van der Waals surface area contributed by atoms with Gasteiger partial charge in [-0.25, -0.2) is 0 Å². The molecule has 1 aliphatic heterocycles. The van der Waals surface area contributed by atoms with Crippen molar-refractivity contribution in [3.8, 4) is 0 Å². The van der Waals surface area contributed by atoms with E-state index in [0.29, 0.717) is 13.0 Å². The summed E-state index contributed by atoms with van der Waals surface area (Å²) < 4.78 is 0. The van der Waals surface area contributed by atoms with Gasteiger partial charge in [-0.15, -0.1) is 0 Å². The molecule has 0 spiro atoms. The van der Waals surface area contributed by atoms with E-state index in [9.17, 15) is 9.59 Å². The molecule has 0 bridgehead atoms. The van der Waals surface area contributed by atoms with E-state index in [2.05, 4.69) is 0 Å². The van der Waals surface area contributed by atoms with Crippen molar-refractivity contribution >= 4 is 17.9 Å². The Morgan fingerprint density at radius 2 is 2.00 bits per heavy atom. The van der Waals surface area contributed by atoms with Crippen LogP contribution in [0.3, 0.4) is 0 Å². The number of aldehydes is 1. The van der Waals surface area contributed by atoms with Gasteiger partial charge in [0.15, 0.2) is 0 Å². The Kier molecular flexibility index (Phi) is 2.31. The van der Waals surface area contributed by atoms with Crippen LogP contribution in [0.4, 0.5) is 5.69 Å². The van der Waals surface area contributed by atoms with Crippen LogP contribution in [0.25, 0.3) is 0 Å². The lowest BCUT2D eigenvalue weighted by atomic mass is 10.1. The Hall–Kier alpha value is -1.64. The first-order valence-corrected chi connectivity index (χ1v) is 4.64.